The van der Waals surface area contributed by atoms with Crippen molar-refractivity contribution in [2.75, 3.05) is 25.5 Å². The van der Waals surface area contributed by atoms with Gasteiger partial charge in [0.15, 0.2) is 0 Å². The fraction of sp³-hybridized carbons (Fsp3) is 0.500. The Balaban J connectivity index is 2.08. The molecule has 1 unspecified atom stereocenters. The average molecular weight is 377 g/mol. The summed E-state index contributed by atoms with van der Waals surface area (Å²) < 4.78 is 0.691. The molecule has 1 saturated heterocycles. The Bertz CT molecular complexity index is 638. The largest absolute Gasteiger partial charge is 0.378 e. The van der Waals surface area contributed by atoms with Crippen molar-refractivity contribution >= 4 is 46.0 Å². The first-order chi connectivity index (χ1) is 12.0. The van der Waals surface area contributed by atoms with Crippen LogP contribution >= 0.6 is 24.0 Å². The highest BCUT2D eigenvalue weighted by molar-refractivity contribution is 8.26. The lowest BCUT2D eigenvalue weighted by atomic mass is 9.99. The van der Waals surface area contributed by atoms with Gasteiger partial charge in [0.25, 0.3) is 5.91 Å². The molecule has 1 fully saturated rings. The molecule has 1 aromatic rings. The highest BCUT2D eigenvalue weighted by Crippen LogP contribution is 2.34. The molecule has 3 nitrogen and oxygen atoms in total. The minimum absolute atomic E-state index is 0.0571. The standard InChI is InChI=1S/C20H28N2OS2/c1-5-7-8-15(6-2)14-22-19(23)18(25-20(22)24)13-16-9-11-17(12-10-16)21(3)4/h9-13,15H,5-8,14H2,1-4H3/b18-13-. The lowest BCUT2D eigenvalue weighted by Gasteiger charge is -2.21. The number of thioether (sulfide) groups is 1. The number of anilines is 1. The first kappa shape index (κ1) is 20.0. The van der Waals surface area contributed by atoms with E-state index in [9.17, 15) is 4.79 Å². The van der Waals surface area contributed by atoms with Crippen LogP contribution in [0, 0.1) is 5.92 Å². The zero-order valence-electron chi connectivity index (χ0n) is 15.6. The molecule has 25 heavy (non-hydrogen) atoms. The minimum Gasteiger partial charge on any atom is -0.378 e. The molecule has 0 radical (unpaired) electrons. The maximum Gasteiger partial charge on any atom is 0.266 e. The number of carbonyl (C=O) groups excluding carboxylic acids is 1. The summed E-state index contributed by atoms with van der Waals surface area (Å²) in [5, 5.41) is 0. The summed E-state index contributed by atoms with van der Waals surface area (Å²) in [4.78, 5) is 17.3. The number of hydrogen-bond donors (Lipinski definition) is 0. The maximum atomic E-state index is 12.8. The molecule has 1 amide bonds. The van der Waals surface area contributed by atoms with Gasteiger partial charge in [-0.15, -0.1) is 0 Å². The van der Waals surface area contributed by atoms with Crippen LogP contribution in [0.5, 0.6) is 0 Å². The molecule has 5 heteroatoms. The summed E-state index contributed by atoms with van der Waals surface area (Å²) in [5.74, 6) is 0.586. The number of carbonyl (C=O) groups is 1. The number of benzene rings is 1. The Labute approximate surface area is 161 Å². The third kappa shape index (κ3) is 5.32. The lowest BCUT2D eigenvalue weighted by molar-refractivity contribution is -0.122. The van der Waals surface area contributed by atoms with Crippen molar-refractivity contribution < 1.29 is 4.79 Å². The fourth-order valence-corrected chi connectivity index (χ4v) is 4.13. The van der Waals surface area contributed by atoms with Gasteiger partial charge in [-0.2, -0.15) is 0 Å². The number of nitrogens with zero attached hydrogens (tertiary/aromatic N) is 2. The predicted molar refractivity (Wildman–Crippen MR) is 114 cm³/mol. The quantitative estimate of drug-likeness (QED) is 0.461. The van der Waals surface area contributed by atoms with Gasteiger partial charge in [-0.3, -0.25) is 9.69 Å². The molecule has 1 heterocycles. The Morgan fingerprint density at radius 3 is 2.48 bits per heavy atom. The van der Waals surface area contributed by atoms with Crippen LogP contribution in [0.15, 0.2) is 29.2 Å². The van der Waals surface area contributed by atoms with E-state index < -0.39 is 0 Å². The topological polar surface area (TPSA) is 23.6 Å². The van der Waals surface area contributed by atoms with Crippen LogP contribution < -0.4 is 4.90 Å². The third-order valence-corrected chi connectivity index (χ3v) is 5.94. The maximum absolute atomic E-state index is 12.8. The SMILES string of the molecule is CCCCC(CC)CN1C(=O)/C(=C/c2ccc(N(C)C)cc2)SC1=S. The van der Waals surface area contributed by atoms with E-state index in [1.165, 1.54) is 24.6 Å². The van der Waals surface area contributed by atoms with Gasteiger partial charge in [-0.25, -0.2) is 0 Å². The van der Waals surface area contributed by atoms with Crippen LogP contribution in [-0.2, 0) is 4.79 Å². The van der Waals surface area contributed by atoms with Crippen molar-refractivity contribution in [1.82, 2.24) is 4.90 Å². The fourth-order valence-electron chi connectivity index (χ4n) is 2.85. The van der Waals surface area contributed by atoms with Crippen molar-refractivity contribution in [3.63, 3.8) is 0 Å². The number of hydrogen-bond acceptors (Lipinski definition) is 4. The summed E-state index contributed by atoms with van der Waals surface area (Å²) >= 11 is 6.89. The number of rotatable bonds is 8. The van der Waals surface area contributed by atoms with E-state index in [1.54, 1.807) is 4.90 Å². The van der Waals surface area contributed by atoms with Crippen molar-refractivity contribution in [2.24, 2.45) is 5.92 Å². The molecule has 0 bridgehead atoms. The molecule has 2 rings (SSSR count). The second kappa shape index (κ2) is 9.39. The van der Waals surface area contributed by atoms with E-state index in [1.807, 2.05) is 32.3 Å². The molecule has 1 atom stereocenters. The zero-order valence-corrected chi connectivity index (χ0v) is 17.3. The van der Waals surface area contributed by atoms with Crippen LogP contribution in [0.1, 0.15) is 45.1 Å². The molecule has 136 valence electrons. The van der Waals surface area contributed by atoms with Gasteiger partial charge in [0.2, 0.25) is 0 Å². The van der Waals surface area contributed by atoms with E-state index in [0.29, 0.717) is 10.2 Å². The second-order valence-electron chi connectivity index (χ2n) is 6.69. The second-order valence-corrected chi connectivity index (χ2v) is 8.37. The number of thiocarbonyl (C=S) groups is 1. The van der Waals surface area contributed by atoms with Gasteiger partial charge < -0.3 is 4.90 Å². The zero-order chi connectivity index (χ0) is 18.4. The molecule has 0 N–H and O–H groups in total. The van der Waals surface area contributed by atoms with Gasteiger partial charge >= 0.3 is 0 Å². The monoisotopic (exact) mass is 376 g/mol. The molecule has 1 aliphatic heterocycles. The molecule has 0 aromatic heterocycles. The Kier molecular flexibility index (Phi) is 7.51. The Hall–Kier alpha value is -1.33. The van der Waals surface area contributed by atoms with E-state index in [0.717, 1.165) is 35.5 Å². The van der Waals surface area contributed by atoms with Crippen LogP contribution in [0.4, 0.5) is 5.69 Å². The van der Waals surface area contributed by atoms with E-state index in [2.05, 4.69) is 30.9 Å². The highest BCUT2D eigenvalue weighted by Gasteiger charge is 2.33. The van der Waals surface area contributed by atoms with Gasteiger partial charge in [0.05, 0.1) is 4.91 Å². The van der Waals surface area contributed by atoms with Gasteiger partial charge in [0, 0.05) is 26.3 Å². The minimum atomic E-state index is 0.0571. The molecule has 1 aliphatic rings. The summed E-state index contributed by atoms with van der Waals surface area (Å²) in [6.45, 7) is 5.15. The number of amides is 1. The predicted octanol–water partition coefficient (Wildman–Crippen LogP) is 5.17. The van der Waals surface area contributed by atoms with Crippen LogP contribution in [0.3, 0.4) is 0 Å². The van der Waals surface area contributed by atoms with Crippen LogP contribution in [0.2, 0.25) is 0 Å². The molecule has 0 saturated carbocycles. The summed E-state index contributed by atoms with van der Waals surface area (Å²) in [7, 11) is 4.03. The van der Waals surface area contributed by atoms with E-state index >= 15 is 0 Å². The first-order valence-electron chi connectivity index (χ1n) is 8.99. The third-order valence-electron chi connectivity index (χ3n) is 4.56. The van der Waals surface area contributed by atoms with E-state index in [-0.39, 0.29) is 5.91 Å². The molecule has 1 aromatic carbocycles. The Morgan fingerprint density at radius 1 is 1.24 bits per heavy atom. The molecule has 0 aliphatic carbocycles. The van der Waals surface area contributed by atoms with Crippen molar-refractivity contribution in [3.05, 3.63) is 34.7 Å². The lowest BCUT2D eigenvalue weighted by Crippen LogP contribution is -2.33. The van der Waals surface area contributed by atoms with Crippen molar-refractivity contribution in [1.29, 1.82) is 0 Å². The Morgan fingerprint density at radius 2 is 1.92 bits per heavy atom. The summed E-state index contributed by atoms with van der Waals surface area (Å²) in [6.07, 6.45) is 6.60. The molecule has 0 spiro atoms. The van der Waals surface area contributed by atoms with Crippen LogP contribution in [-0.4, -0.2) is 35.8 Å². The van der Waals surface area contributed by atoms with Crippen molar-refractivity contribution in [3.8, 4) is 0 Å². The summed E-state index contributed by atoms with van der Waals surface area (Å²) in [5.41, 5.74) is 2.18. The average Bonchev–Trinajstić information content (AvgIpc) is 2.86. The molecular formula is C20H28N2OS2. The van der Waals surface area contributed by atoms with Gasteiger partial charge in [-0.05, 0) is 36.1 Å². The summed E-state index contributed by atoms with van der Waals surface area (Å²) in [6, 6.07) is 8.20. The van der Waals surface area contributed by atoms with E-state index in [4.69, 9.17) is 12.2 Å². The smallest absolute Gasteiger partial charge is 0.266 e. The van der Waals surface area contributed by atoms with Gasteiger partial charge in [-0.1, -0.05) is 69.2 Å². The molecular weight excluding hydrogens is 348 g/mol. The van der Waals surface area contributed by atoms with Crippen molar-refractivity contribution in [2.45, 2.75) is 39.5 Å². The normalized spacial score (nSPS) is 17.4. The number of unbranched alkanes of at least 4 members (excludes halogenated alkanes) is 1. The highest BCUT2D eigenvalue weighted by atomic mass is 32.2. The van der Waals surface area contributed by atoms with Crippen LogP contribution in [0.25, 0.3) is 6.08 Å². The first-order valence-corrected chi connectivity index (χ1v) is 10.2. The van der Waals surface area contributed by atoms with Gasteiger partial charge in [0.1, 0.15) is 4.32 Å².